The average Bonchev–Trinajstić information content (AvgIpc) is 3.42. The van der Waals surface area contributed by atoms with Crippen molar-refractivity contribution in [2.75, 3.05) is 0 Å². The molecule has 0 radical (unpaired) electrons. The normalized spacial score (nSPS) is 11.3. The summed E-state index contributed by atoms with van der Waals surface area (Å²) in [7, 11) is 0. The Labute approximate surface area is 180 Å². The molecule has 0 aliphatic heterocycles. The van der Waals surface area contributed by atoms with Gasteiger partial charge in [-0.25, -0.2) is 4.98 Å². The van der Waals surface area contributed by atoms with Crippen molar-refractivity contribution in [2.24, 2.45) is 0 Å². The van der Waals surface area contributed by atoms with E-state index >= 15 is 0 Å². The fourth-order valence-electron chi connectivity index (χ4n) is 2.85. The molecule has 0 saturated heterocycles. The number of furan rings is 1. The minimum Gasteiger partial charge on any atom is -0.456 e. The quantitative estimate of drug-likeness (QED) is 0.198. The van der Waals surface area contributed by atoms with Crippen LogP contribution in [0.3, 0.4) is 0 Å². The van der Waals surface area contributed by atoms with E-state index in [1.165, 1.54) is 17.4 Å². The number of hydrogen-bond donors (Lipinski definition) is 0. The molecule has 0 aliphatic rings. The highest BCUT2D eigenvalue weighted by molar-refractivity contribution is 7.11. The van der Waals surface area contributed by atoms with E-state index in [0.717, 1.165) is 11.3 Å². The third kappa shape index (κ3) is 4.01. The summed E-state index contributed by atoms with van der Waals surface area (Å²) in [6, 6.07) is 19.1. The maximum absolute atomic E-state index is 11.2. The number of halogens is 1. The first-order chi connectivity index (χ1) is 14.5. The van der Waals surface area contributed by atoms with Gasteiger partial charge in [-0.2, -0.15) is 5.26 Å². The van der Waals surface area contributed by atoms with E-state index < -0.39 is 4.92 Å². The molecule has 0 fully saturated rings. The molecule has 8 heteroatoms. The van der Waals surface area contributed by atoms with Gasteiger partial charge in [0.2, 0.25) is 0 Å². The SMILES string of the molecule is N#CC(=Cc1ccc(-c2ccccc2[N+](=O)[O-])o1)c1nc(-c2ccc(Cl)cc2)cs1. The number of nitriles is 1. The molecular weight excluding hydrogens is 422 g/mol. The van der Waals surface area contributed by atoms with Gasteiger partial charge in [-0.15, -0.1) is 11.3 Å². The third-order valence-corrected chi connectivity index (χ3v) is 5.40. The van der Waals surface area contributed by atoms with Crippen molar-refractivity contribution >= 4 is 40.3 Å². The van der Waals surface area contributed by atoms with Crippen LogP contribution in [0.25, 0.3) is 34.2 Å². The van der Waals surface area contributed by atoms with E-state index in [-0.39, 0.29) is 5.69 Å². The van der Waals surface area contributed by atoms with Gasteiger partial charge >= 0.3 is 0 Å². The fourth-order valence-corrected chi connectivity index (χ4v) is 3.77. The first-order valence-electron chi connectivity index (χ1n) is 8.72. The molecule has 2 aromatic heterocycles. The lowest BCUT2D eigenvalue weighted by Gasteiger charge is -1.99. The molecule has 6 nitrogen and oxygen atoms in total. The van der Waals surface area contributed by atoms with Crippen LogP contribution in [0, 0.1) is 21.4 Å². The molecule has 0 N–H and O–H groups in total. The molecule has 4 rings (SSSR count). The van der Waals surface area contributed by atoms with Crippen LogP contribution in [0.5, 0.6) is 0 Å². The van der Waals surface area contributed by atoms with Gasteiger partial charge in [-0.3, -0.25) is 10.1 Å². The lowest BCUT2D eigenvalue weighted by Crippen LogP contribution is -1.90. The zero-order valence-electron chi connectivity index (χ0n) is 15.3. The van der Waals surface area contributed by atoms with Crippen molar-refractivity contribution in [3.05, 3.63) is 91.9 Å². The van der Waals surface area contributed by atoms with Gasteiger partial charge in [-0.05, 0) is 30.3 Å². The Balaban J connectivity index is 1.64. The predicted octanol–water partition coefficient (Wildman–Crippen LogP) is 6.70. The summed E-state index contributed by atoms with van der Waals surface area (Å²) in [6.07, 6.45) is 1.57. The van der Waals surface area contributed by atoms with E-state index in [1.807, 2.05) is 17.5 Å². The third-order valence-electron chi connectivity index (χ3n) is 4.27. The van der Waals surface area contributed by atoms with Gasteiger partial charge in [0, 0.05) is 28.1 Å². The number of nitrogens with zero attached hydrogens (tertiary/aromatic N) is 3. The van der Waals surface area contributed by atoms with Gasteiger partial charge in [0.15, 0.2) is 0 Å². The van der Waals surface area contributed by atoms with Crippen LogP contribution in [0.15, 0.2) is 70.5 Å². The summed E-state index contributed by atoms with van der Waals surface area (Å²) in [5, 5.41) is 23.9. The van der Waals surface area contributed by atoms with Crippen LogP contribution in [-0.4, -0.2) is 9.91 Å². The Morgan fingerprint density at radius 2 is 1.93 bits per heavy atom. The Kier molecular flexibility index (Phi) is 5.44. The molecule has 0 spiro atoms. The zero-order chi connectivity index (χ0) is 21.1. The molecule has 0 bridgehead atoms. The number of thiazole rings is 1. The summed E-state index contributed by atoms with van der Waals surface area (Å²) >= 11 is 7.27. The Morgan fingerprint density at radius 3 is 2.67 bits per heavy atom. The van der Waals surface area contributed by atoms with Crippen molar-refractivity contribution in [3.8, 4) is 28.7 Å². The Bertz CT molecular complexity index is 1300. The standard InChI is InChI=1S/C22H12ClN3O3S/c23-16-7-5-14(6-8-16)19-13-30-22(25-19)15(12-24)11-17-9-10-21(29-17)18-3-1-2-4-20(18)26(27)28/h1-11,13H. The largest absolute Gasteiger partial charge is 0.456 e. The molecule has 4 aromatic rings. The number of aromatic nitrogens is 1. The second-order valence-corrected chi connectivity index (χ2v) is 7.49. The summed E-state index contributed by atoms with van der Waals surface area (Å²) in [5.41, 5.74) is 2.31. The summed E-state index contributed by atoms with van der Waals surface area (Å²) < 4.78 is 5.75. The van der Waals surface area contributed by atoms with E-state index in [1.54, 1.807) is 48.5 Å². The van der Waals surface area contributed by atoms with E-state index in [9.17, 15) is 15.4 Å². The second kappa shape index (κ2) is 8.33. The minimum absolute atomic E-state index is 0.0459. The van der Waals surface area contributed by atoms with E-state index in [0.29, 0.717) is 32.7 Å². The molecule has 0 aliphatic carbocycles. The van der Waals surface area contributed by atoms with Gasteiger partial charge in [0.25, 0.3) is 5.69 Å². The monoisotopic (exact) mass is 433 g/mol. The van der Waals surface area contributed by atoms with Gasteiger partial charge in [-0.1, -0.05) is 35.9 Å². The van der Waals surface area contributed by atoms with Crippen LogP contribution in [-0.2, 0) is 0 Å². The molecule has 0 amide bonds. The summed E-state index contributed by atoms with van der Waals surface area (Å²) in [5.74, 6) is 0.759. The number of nitro groups is 1. The topological polar surface area (TPSA) is 93.0 Å². The van der Waals surface area contributed by atoms with Gasteiger partial charge in [0.1, 0.15) is 22.6 Å². The molecule has 0 atom stereocenters. The van der Waals surface area contributed by atoms with E-state index in [4.69, 9.17) is 16.0 Å². The number of allylic oxidation sites excluding steroid dienone is 1. The first kappa shape index (κ1) is 19.6. The molecule has 2 heterocycles. The minimum atomic E-state index is -0.456. The Morgan fingerprint density at radius 1 is 1.17 bits per heavy atom. The molecule has 30 heavy (non-hydrogen) atoms. The van der Waals surface area contributed by atoms with Gasteiger partial charge < -0.3 is 4.42 Å². The molecule has 0 saturated carbocycles. The van der Waals surface area contributed by atoms with Gasteiger partial charge in [0.05, 0.1) is 21.8 Å². The number of hydrogen-bond acceptors (Lipinski definition) is 6. The maximum atomic E-state index is 11.2. The highest BCUT2D eigenvalue weighted by Crippen LogP contribution is 2.33. The predicted molar refractivity (Wildman–Crippen MR) is 117 cm³/mol. The zero-order valence-corrected chi connectivity index (χ0v) is 16.9. The van der Waals surface area contributed by atoms with Crippen LogP contribution in [0.2, 0.25) is 5.02 Å². The van der Waals surface area contributed by atoms with Crippen molar-refractivity contribution in [1.29, 1.82) is 5.26 Å². The fraction of sp³-hybridized carbons (Fsp3) is 0. The van der Waals surface area contributed by atoms with Crippen molar-refractivity contribution in [1.82, 2.24) is 4.98 Å². The van der Waals surface area contributed by atoms with Crippen LogP contribution in [0.1, 0.15) is 10.8 Å². The summed E-state index contributed by atoms with van der Waals surface area (Å²) in [6.45, 7) is 0. The average molecular weight is 434 g/mol. The smallest absolute Gasteiger partial charge is 0.280 e. The van der Waals surface area contributed by atoms with Crippen molar-refractivity contribution in [2.45, 2.75) is 0 Å². The lowest BCUT2D eigenvalue weighted by atomic mass is 10.1. The second-order valence-electron chi connectivity index (χ2n) is 6.19. The number of benzene rings is 2. The highest BCUT2D eigenvalue weighted by Gasteiger charge is 2.17. The first-order valence-corrected chi connectivity index (χ1v) is 9.98. The number of para-hydroxylation sites is 1. The maximum Gasteiger partial charge on any atom is 0.280 e. The van der Waals surface area contributed by atoms with Crippen molar-refractivity contribution in [3.63, 3.8) is 0 Å². The number of nitro benzene ring substituents is 1. The van der Waals surface area contributed by atoms with Crippen LogP contribution < -0.4 is 0 Å². The molecule has 146 valence electrons. The lowest BCUT2D eigenvalue weighted by molar-refractivity contribution is -0.384. The van der Waals surface area contributed by atoms with Crippen LogP contribution >= 0.6 is 22.9 Å². The van der Waals surface area contributed by atoms with Crippen LogP contribution in [0.4, 0.5) is 5.69 Å². The van der Waals surface area contributed by atoms with Crippen molar-refractivity contribution < 1.29 is 9.34 Å². The summed E-state index contributed by atoms with van der Waals surface area (Å²) in [4.78, 5) is 15.3. The molecule has 2 aromatic carbocycles. The molecular formula is C22H12ClN3O3S. The highest BCUT2D eigenvalue weighted by atomic mass is 35.5. The van der Waals surface area contributed by atoms with E-state index in [2.05, 4.69) is 11.1 Å². The number of rotatable bonds is 5. The molecule has 0 unspecified atom stereocenters. The Hall–Kier alpha value is -3.73.